The smallest absolute Gasteiger partial charge is 0.133 e. The molecule has 1 fully saturated rings. The van der Waals surface area contributed by atoms with Gasteiger partial charge >= 0.3 is 0 Å². The molecule has 0 radical (unpaired) electrons. The summed E-state index contributed by atoms with van der Waals surface area (Å²) in [5.74, 6) is 0.843. The van der Waals surface area contributed by atoms with Crippen LogP contribution in [0.3, 0.4) is 0 Å². The van der Waals surface area contributed by atoms with Gasteiger partial charge in [-0.15, -0.1) is 0 Å². The van der Waals surface area contributed by atoms with E-state index in [0.29, 0.717) is 41.2 Å². The van der Waals surface area contributed by atoms with Gasteiger partial charge in [0.15, 0.2) is 0 Å². The van der Waals surface area contributed by atoms with E-state index in [1.165, 1.54) is 0 Å². The molecule has 120 valence electrons. The number of nitriles is 1. The van der Waals surface area contributed by atoms with Gasteiger partial charge in [0.25, 0.3) is 0 Å². The monoisotopic (exact) mass is 350 g/mol. The van der Waals surface area contributed by atoms with Crippen LogP contribution in [0, 0.1) is 11.3 Å². The molecule has 0 atom stereocenters. The van der Waals surface area contributed by atoms with E-state index in [0.717, 1.165) is 24.5 Å². The van der Waals surface area contributed by atoms with E-state index >= 15 is 0 Å². The van der Waals surface area contributed by atoms with Gasteiger partial charge in [0, 0.05) is 23.1 Å². The first-order valence-corrected chi connectivity index (χ1v) is 8.01. The zero-order valence-corrected chi connectivity index (χ0v) is 13.9. The van der Waals surface area contributed by atoms with Gasteiger partial charge in [0.1, 0.15) is 17.6 Å². The number of ether oxygens (including phenoxy) is 1. The maximum atomic E-state index is 9.42. The molecule has 0 unspecified atom stereocenters. The molecular formula is C16H16Cl2N4O. The molecular weight excluding hydrogens is 335 g/mol. The van der Waals surface area contributed by atoms with E-state index in [1.54, 1.807) is 18.2 Å². The summed E-state index contributed by atoms with van der Waals surface area (Å²) in [6.45, 7) is 3.24. The molecule has 0 bridgehead atoms. The van der Waals surface area contributed by atoms with Gasteiger partial charge < -0.3 is 19.9 Å². The maximum Gasteiger partial charge on any atom is 0.133 e. The van der Waals surface area contributed by atoms with Gasteiger partial charge in [-0.05, 0) is 23.8 Å². The lowest BCUT2D eigenvalue weighted by Gasteiger charge is -2.30. The van der Waals surface area contributed by atoms with Gasteiger partial charge in [-0.2, -0.15) is 5.26 Å². The number of hydrogen-bond acceptors (Lipinski definition) is 4. The van der Waals surface area contributed by atoms with Crippen molar-refractivity contribution in [2.24, 2.45) is 0 Å². The summed E-state index contributed by atoms with van der Waals surface area (Å²) >= 11 is 12.2. The van der Waals surface area contributed by atoms with Gasteiger partial charge in [-0.25, -0.2) is 0 Å². The zero-order chi connectivity index (χ0) is 16.4. The average Bonchev–Trinajstić information content (AvgIpc) is 2.86. The van der Waals surface area contributed by atoms with Crippen LogP contribution in [-0.4, -0.2) is 30.9 Å². The fraction of sp³-hybridized carbons (Fsp3) is 0.312. The van der Waals surface area contributed by atoms with Crippen LogP contribution in [-0.2, 0) is 11.3 Å². The SMILES string of the molecule is N#Cc1cc(N)c(N2CCOCC2)n1Cc1ccc(Cl)cc1Cl. The normalized spacial score (nSPS) is 14.7. The number of nitrogens with zero attached hydrogens (tertiary/aromatic N) is 3. The van der Waals surface area contributed by atoms with E-state index < -0.39 is 0 Å². The summed E-state index contributed by atoms with van der Waals surface area (Å²) in [5.41, 5.74) is 8.14. The highest BCUT2D eigenvalue weighted by atomic mass is 35.5. The highest BCUT2D eigenvalue weighted by Gasteiger charge is 2.21. The average molecular weight is 351 g/mol. The van der Waals surface area contributed by atoms with Crippen molar-refractivity contribution in [3.63, 3.8) is 0 Å². The summed E-state index contributed by atoms with van der Waals surface area (Å²) < 4.78 is 7.29. The minimum absolute atomic E-state index is 0.461. The molecule has 0 aliphatic carbocycles. The number of anilines is 2. The van der Waals surface area contributed by atoms with E-state index in [4.69, 9.17) is 33.7 Å². The Balaban J connectivity index is 2.01. The number of hydrogen-bond donors (Lipinski definition) is 1. The Morgan fingerprint density at radius 2 is 1.96 bits per heavy atom. The lowest BCUT2D eigenvalue weighted by atomic mass is 10.2. The quantitative estimate of drug-likeness (QED) is 0.923. The van der Waals surface area contributed by atoms with Crippen LogP contribution in [0.15, 0.2) is 24.3 Å². The van der Waals surface area contributed by atoms with Crippen LogP contribution in [0.1, 0.15) is 11.3 Å². The molecule has 5 nitrogen and oxygen atoms in total. The Morgan fingerprint density at radius 3 is 2.61 bits per heavy atom. The molecule has 3 rings (SSSR count). The number of nitrogen functional groups attached to an aromatic ring is 1. The van der Waals surface area contributed by atoms with Crippen LogP contribution < -0.4 is 10.6 Å². The zero-order valence-electron chi connectivity index (χ0n) is 12.4. The second-order valence-corrected chi connectivity index (χ2v) is 6.19. The number of morpholine rings is 1. The summed E-state index contributed by atoms with van der Waals surface area (Å²) in [4.78, 5) is 2.14. The highest BCUT2D eigenvalue weighted by Crippen LogP contribution is 2.31. The third-order valence-corrected chi connectivity index (χ3v) is 4.45. The summed E-state index contributed by atoms with van der Waals surface area (Å²) in [6.07, 6.45) is 0. The Morgan fingerprint density at radius 1 is 1.22 bits per heavy atom. The molecule has 0 amide bonds. The minimum atomic E-state index is 0.461. The summed E-state index contributed by atoms with van der Waals surface area (Å²) in [7, 11) is 0. The maximum absolute atomic E-state index is 9.42. The molecule has 1 aromatic carbocycles. The number of aromatic nitrogens is 1. The molecule has 1 aliphatic rings. The van der Waals surface area contributed by atoms with Crippen LogP contribution in [0.4, 0.5) is 11.5 Å². The molecule has 2 aromatic rings. The topological polar surface area (TPSA) is 67.2 Å². The van der Waals surface area contributed by atoms with Crippen LogP contribution >= 0.6 is 23.2 Å². The number of nitrogens with two attached hydrogens (primary N) is 1. The molecule has 0 saturated carbocycles. The third-order valence-electron chi connectivity index (χ3n) is 3.87. The van der Waals surface area contributed by atoms with Crippen molar-refractivity contribution in [1.82, 2.24) is 4.57 Å². The first-order valence-electron chi connectivity index (χ1n) is 7.26. The Labute approximate surface area is 144 Å². The lowest BCUT2D eigenvalue weighted by molar-refractivity contribution is 0.122. The number of benzene rings is 1. The fourth-order valence-corrected chi connectivity index (χ4v) is 3.23. The largest absolute Gasteiger partial charge is 0.396 e. The van der Waals surface area contributed by atoms with Crippen LogP contribution in [0.2, 0.25) is 10.0 Å². The van der Waals surface area contributed by atoms with Gasteiger partial charge in [-0.1, -0.05) is 29.3 Å². The van der Waals surface area contributed by atoms with Crippen molar-refractivity contribution in [1.29, 1.82) is 5.26 Å². The van der Waals surface area contributed by atoms with Crippen LogP contribution in [0.25, 0.3) is 0 Å². The van der Waals surface area contributed by atoms with E-state index in [1.807, 2.05) is 10.6 Å². The van der Waals surface area contributed by atoms with E-state index in [9.17, 15) is 5.26 Å². The van der Waals surface area contributed by atoms with Crippen molar-refractivity contribution in [3.05, 3.63) is 45.6 Å². The van der Waals surface area contributed by atoms with Gasteiger partial charge in [0.05, 0.1) is 25.4 Å². The second kappa shape index (κ2) is 6.71. The second-order valence-electron chi connectivity index (χ2n) is 5.34. The molecule has 2 heterocycles. The predicted octanol–water partition coefficient (Wildman–Crippen LogP) is 3.13. The summed E-state index contributed by atoms with van der Waals surface area (Å²) in [5, 5.41) is 10.6. The Bertz CT molecular complexity index is 760. The first kappa shape index (κ1) is 16.0. The third kappa shape index (κ3) is 3.25. The van der Waals surface area contributed by atoms with Crippen molar-refractivity contribution < 1.29 is 4.74 Å². The molecule has 1 saturated heterocycles. The molecule has 1 aliphatic heterocycles. The van der Waals surface area contributed by atoms with E-state index in [2.05, 4.69) is 11.0 Å². The van der Waals surface area contributed by atoms with Crippen molar-refractivity contribution in [2.75, 3.05) is 36.9 Å². The van der Waals surface area contributed by atoms with Crippen molar-refractivity contribution in [3.8, 4) is 6.07 Å². The molecule has 2 N–H and O–H groups in total. The minimum Gasteiger partial charge on any atom is -0.396 e. The highest BCUT2D eigenvalue weighted by molar-refractivity contribution is 6.35. The lowest BCUT2D eigenvalue weighted by Crippen LogP contribution is -2.38. The molecule has 7 heteroatoms. The Hall–Kier alpha value is -1.87. The van der Waals surface area contributed by atoms with E-state index in [-0.39, 0.29) is 0 Å². The number of rotatable bonds is 3. The molecule has 0 spiro atoms. The van der Waals surface area contributed by atoms with Crippen molar-refractivity contribution in [2.45, 2.75) is 6.54 Å². The molecule has 23 heavy (non-hydrogen) atoms. The van der Waals surface area contributed by atoms with Crippen molar-refractivity contribution >= 4 is 34.7 Å². The summed E-state index contributed by atoms with van der Waals surface area (Å²) in [6, 6.07) is 9.26. The molecule has 1 aromatic heterocycles. The Kier molecular flexibility index (Phi) is 4.67. The van der Waals surface area contributed by atoms with Gasteiger partial charge in [0.2, 0.25) is 0 Å². The number of halogens is 2. The predicted molar refractivity (Wildman–Crippen MR) is 92.2 cm³/mol. The van der Waals surface area contributed by atoms with Crippen LogP contribution in [0.5, 0.6) is 0 Å². The standard InChI is InChI=1S/C16H16Cl2N4O/c17-12-2-1-11(14(18)7-12)10-22-13(9-19)8-15(20)16(22)21-3-5-23-6-4-21/h1-2,7-8H,3-6,10,20H2. The fourth-order valence-electron chi connectivity index (χ4n) is 2.76. The first-order chi connectivity index (χ1) is 11.1. The van der Waals surface area contributed by atoms with Gasteiger partial charge in [-0.3, -0.25) is 0 Å².